The monoisotopic (exact) mass is 500 g/mol. The highest BCUT2D eigenvalue weighted by Crippen LogP contribution is 2.32. The number of halogens is 1. The second-order valence-corrected chi connectivity index (χ2v) is 10.5. The Labute approximate surface area is 217 Å². The number of hydrogen-bond donors (Lipinski definition) is 2. The largest absolute Gasteiger partial charge is 0.369 e. The van der Waals surface area contributed by atoms with Crippen molar-refractivity contribution >= 4 is 39.8 Å². The first-order valence-corrected chi connectivity index (χ1v) is 13.5. The fourth-order valence-corrected chi connectivity index (χ4v) is 5.95. The number of anilines is 3. The lowest BCUT2D eigenvalue weighted by molar-refractivity contribution is 0.192. The summed E-state index contributed by atoms with van der Waals surface area (Å²) >= 11 is 6.40. The number of benzene rings is 1. The number of pyridine rings is 2. The molecule has 6 rings (SSSR count). The van der Waals surface area contributed by atoms with Crippen molar-refractivity contribution in [1.29, 1.82) is 0 Å². The van der Waals surface area contributed by atoms with E-state index in [0.717, 1.165) is 65.8 Å². The minimum absolute atomic E-state index is 0.455. The number of nitrogens with zero attached hydrogens (tertiary/aromatic N) is 4. The molecule has 1 aliphatic heterocycles. The first-order chi connectivity index (χ1) is 17.7. The average Bonchev–Trinajstić information content (AvgIpc) is 3.34. The highest BCUT2D eigenvalue weighted by molar-refractivity contribution is 6.29. The molecular formula is C29H33ClN6. The number of piperazine rings is 1. The zero-order valence-corrected chi connectivity index (χ0v) is 21.3. The number of nitrogens with one attached hydrogen (secondary N) is 2. The third-order valence-corrected chi connectivity index (χ3v) is 7.87. The van der Waals surface area contributed by atoms with E-state index in [2.05, 4.69) is 60.4 Å². The van der Waals surface area contributed by atoms with Gasteiger partial charge in [-0.05, 0) is 72.9 Å². The van der Waals surface area contributed by atoms with Gasteiger partial charge in [-0.3, -0.25) is 4.90 Å². The van der Waals surface area contributed by atoms with Crippen LogP contribution in [0.3, 0.4) is 0 Å². The van der Waals surface area contributed by atoms with E-state index in [4.69, 9.17) is 11.6 Å². The smallest absolute Gasteiger partial charge is 0.137 e. The summed E-state index contributed by atoms with van der Waals surface area (Å²) in [5.41, 5.74) is 5.20. The van der Waals surface area contributed by atoms with Crippen LogP contribution < -0.4 is 10.2 Å². The van der Waals surface area contributed by atoms with Crippen molar-refractivity contribution < 1.29 is 0 Å². The Morgan fingerprint density at radius 3 is 2.58 bits per heavy atom. The number of aromatic nitrogens is 3. The second kappa shape index (κ2) is 10.5. The fraction of sp³-hybridized carbons (Fsp3) is 0.379. The van der Waals surface area contributed by atoms with Crippen LogP contribution >= 0.6 is 11.6 Å². The highest BCUT2D eigenvalue weighted by Gasteiger charge is 2.21. The standard InChI is InChI=1S/C29H33ClN6/c30-27-17-22(26-19-32-29-25(26)7-4-12-31-29)18-28(34-27)33-23-8-10-24(11-9-23)36-15-13-35(14-16-36)20-21-5-2-1-3-6-21/h4,7-12,17-19,21H,1-3,5-6,13-16,20H2,(H,31,32)(H,33,34). The zero-order chi connectivity index (χ0) is 24.3. The topological polar surface area (TPSA) is 60.1 Å². The lowest BCUT2D eigenvalue weighted by Crippen LogP contribution is -2.48. The van der Waals surface area contributed by atoms with Gasteiger partial charge in [-0.15, -0.1) is 0 Å². The van der Waals surface area contributed by atoms with Crippen LogP contribution in [0.5, 0.6) is 0 Å². The van der Waals surface area contributed by atoms with Crippen LogP contribution in [0.4, 0.5) is 17.2 Å². The van der Waals surface area contributed by atoms with Crippen LogP contribution in [0.1, 0.15) is 32.1 Å². The molecule has 0 bridgehead atoms. The number of H-pyrrole nitrogens is 1. The molecule has 0 atom stereocenters. The number of hydrogen-bond acceptors (Lipinski definition) is 5. The van der Waals surface area contributed by atoms with E-state index >= 15 is 0 Å². The molecule has 4 heterocycles. The van der Waals surface area contributed by atoms with Crippen LogP contribution in [0, 0.1) is 5.92 Å². The maximum Gasteiger partial charge on any atom is 0.137 e. The molecule has 0 radical (unpaired) electrons. The first kappa shape index (κ1) is 23.3. The van der Waals surface area contributed by atoms with E-state index in [0.29, 0.717) is 5.15 Å². The van der Waals surface area contributed by atoms with Crippen LogP contribution in [0.15, 0.2) is 60.9 Å². The number of fused-ring (bicyclic) bond motifs is 1. The predicted molar refractivity (Wildman–Crippen MR) is 149 cm³/mol. The molecule has 1 aliphatic carbocycles. The summed E-state index contributed by atoms with van der Waals surface area (Å²) in [4.78, 5) is 17.3. The molecule has 6 nitrogen and oxygen atoms in total. The molecule has 1 aromatic carbocycles. The van der Waals surface area contributed by atoms with Gasteiger partial charge < -0.3 is 15.2 Å². The van der Waals surface area contributed by atoms with Crippen LogP contribution in [-0.4, -0.2) is 52.6 Å². The SMILES string of the molecule is Clc1cc(-c2c[nH]c3ncccc23)cc(Nc2ccc(N3CCN(CC4CCCCC4)CC3)cc2)n1. The Kier molecular flexibility index (Phi) is 6.79. The summed E-state index contributed by atoms with van der Waals surface area (Å²) in [5, 5.41) is 4.95. The molecule has 0 spiro atoms. The number of aromatic amines is 1. The first-order valence-electron chi connectivity index (χ1n) is 13.2. The van der Waals surface area contributed by atoms with E-state index in [-0.39, 0.29) is 0 Å². The molecule has 7 heteroatoms. The Morgan fingerprint density at radius 2 is 1.78 bits per heavy atom. The molecule has 2 aliphatic rings. The summed E-state index contributed by atoms with van der Waals surface area (Å²) in [5.74, 6) is 1.64. The van der Waals surface area contributed by atoms with E-state index in [9.17, 15) is 0 Å². The molecule has 1 saturated heterocycles. The molecule has 4 aromatic rings. The van der Waals surface area contributed by atoms with E-state index in [1.165, 1.54) is 44.3 Å². The zero-order valence-electron chi connectivity index (χ0n) is 20.6. The molecule has 0 amide bonds. The van der Waals surface area contributed by atoms with E-state index < -0.39 is 0 Å². The van der Waals surface area contributed by atoms with Gasteiger partial charge in [0.25, 0.3) is 0 Å². The summed E-state index contributed by atoms with van der Waals surface area (Å²) in [7, 11) is 0. The van der Waals surface area contributed by atoms with Crippen LogP contribution in [0.2, 0.25) is 5.15 Å². The molecule has 1 saturated carbocycles. The average molecular weight is 501 g/mol. The van der Waals surface area contributed by atoms with Crippen molar-refractivity contribution in [2.75, 3.05) is 42.9 Å². The maximum atomic E-state index is 6.40. The third kappa shape index (κ3) is 5.20. The summed E-state index contributed by atoms with van der Waals surface area (Å²) in [6.45, 7) is 5.81. The van der Waals surface area contributed by atoms with Gasteiger partial charge >= 0.3 is 0 Å². The minimum Gasteiger partial charge on any atom is -0.369 e. The molecule has 3 aromatic heterocycles. The van der Waals surface area contributed by atoms with Gasteiger partial charge in [0.05, 0.1) is 0 Å². The van der Waals surface area contributed by atoms with Crippen molar-refractivity contribution in [3.8, 4) is 11.1 Å². The van der Waals surface area contributed by atoms with Gasteiger partial charge in [0, 0.05) is 67.4 Å². The van der Waals surface area contributed by atoms with Crippen molar-refractivity contribution in [2.24, 2.45) is 5.92 Å². The Morgan fingerprint density at radius 1 is 0.972 bits per heavy atom. The summed E-state index contributed by atoms with van der Waals surface area (Å²) in [6.07, 6.45) is 10.9. The quantitative estimate of drug-likeness (QED) is 0.287. The molecule has 2 N–H and O–H groups in total. The van der Waals surface area contributed by atoms with Gasteiger partial charge in [-0.2, -0.15) is 0 Å². The summed E-state index contributed by atoms with van der Waals surface area (Å²) in [6, 6.07) is 16.6. The normalized spacial score (nSPS) is 17.5. The molecule has 186 valence electrons. The van der Waals surface area contributed by atoms with E-state index in [1.54, 1.807) is 6.20 Å². The van der Waals surface area contributed by atoms with Gasteiger partial charge in [0.2, 0.25) is 0 Å². The van der Waals surface area contributed by atoms with Gasteiger partial charge in [-0.25, -0.2) is 9.97 Å². The van der Waals surface area contributed by atoms with Gasteiger partial charge in [-0.1, -0.05) is 30.9 Å². The van der Waals surface area contributed by atoms with E-state index in [1.807, 2.05) is 24.4 Å². The van der Waals surface area contributed by atoms with Crippen molar-refractivity contribution in [2.45, 2.75) is 32.1 Å². The lowest BCUT2D eigenvalue weighted by Gasteiger charge is -2.38. The van der Waals surface area contributed by atoms with Crippen molar-refractivity contribution in [3.05, 3.63) is 66.1 Å². The Bertz CT molecular complexity index is 1300. The van der Waals surface area contributed by atoms with Crippen LogP contribution in [0.25, 0.3) is 22.2 Å². The van der Waals surface area contributed by atoms with Crippen molar-refractivity contribution in [1.82, 2.24) is 19.9 Å². The Balaban J connectivity index is 1.10. The Hall–Kier alpha value is -3.09. The second-order valence-electron chi connectivity index (χ2n) is 10.1. The van der Waals surface area contributed by atoms with Crippen LogP contribution in [-0.2, 0) is 0 Å². The number of rotatable bonds is 6. The molecule has 2 fully saturated rings. The van der Waals surface area contributed by atoms with Crippen molar-refractivity contribution in [3.63, 3.8) is 0 Å². The van der Waals surface area contributed by atoms with Gasteiger partial charge in [0.1, 0.15) is 16.6 Å². The lowest BCUT2D eigenvalue weighted by atomic mass is 9.89. The molecule has 36 heavy (non-hydrogen) atoms. The molecule has 0 unspecified atom stereocenters. The summed E-state index contributed by atoms with van der Waals surface area (Å²) < 4.78 is 0. The maximum absolute atomic E-state index is 6.40. The minimum atomic E-state index is 0.455. The van der Waals surface area contributed by atoms with Gasteiger partial charge in [0.15, 0.2) is 0 Å². The molecular weight excluding hydrogens is 468 g/mol. The fourth-order valence-electron chi connectivity index (χ4n) is 5.74. The predicted octanol–water partition coefficient (Wildman–Crippen LogP) is 6.72. The third-order valence-electron chi connectivity index (χ3n) is 7.67. The highest BCUT2D eigenvalue weighted by atomic mass is 35.5.